The van der Waals surface area contributed by atoms with Gasteiger partial charge in [-0.2, -0.15) is 0 Å². The van der Waals surface area contributed by atoms with Gasteiger partial charge in [-0.05, 0) is 73.7 Å². The predicted octanol–water partition coefficient (Wildman–Crippen LogP) is 7.39. The Morgan fingerprint density at radius 2 is 1.74 bits per heavy atom. The van der Waals surface area contributed by atoms with Crippen LogP contribution in [-0.4, -0.2) is 22.1 Å². The topological polar surface area (TPSA) is 76.4 Å². The third kappa shape index (κ3) is 5.74. The van der Waals surface area contributed by atoms with Gasteiger partial charge in [0.15, 0.2) is 16.8 Å². The van der Waals surface area contributed by atoms with E-state index in [-0.39, 0.29) is 5.11 Å². The Bertz CT molecular complexity index is 1410. The van der Waals surface area contributed by atoms with Gasteiger partial charge in [-0.1, -0.05) is 46.4 Å². The molecule has 0 saturated carbocycles. The Morgan fingerprint density at radius 1 is 1.00 bits per heavy atom. The van der Waals surface area contributed by atoms with E-state index in [1.165, 1.54) is 6.07 Å². The lowest BCUT2D eigenvalue weighted by Crippen LogP contribution is -2.42. The van der Waals surface area contributed by atoms with Crippen molar-refractivity contribution in [2.75, 3.05) is 5.32 Å². The first kappa shape index (κ1) is 24.6. The molecule has 4 rings (SSSR count). The maximum atomic E-state index is 12.5. The fourth-order valence-corrected chi connectivity index (χ4v) is 4.01. The van der Waals surface area contributed by atoms with Gasteiger partial charge in [0.2, 0.25) is 5.89 Å². The minimum absolute atomic E-state index is 0.0697. The maximum Gasteiger partial charge on any atom is 0.266 e. The molecule has 1 amide bonds. The summed E-state index contributed by atoms with van der Waals surface area (Å²) in [5, 5.41) is 7.33. The molecule has 11 heteroatoms. The predicted molar refractivity (Wildman–Crippen MR) is 140 cm³/mol. The molecule has 0 aliphatic rings. The van der Waals surface area contributed by atoms with Gasteiger partial charge in [0.25, 0.3) is 5.91 Å². The number of halogens is 4. The molecule has 0 aliphatic carbocycles. The van der Waals surface area contributed by atoms with Gasteiger partial charge in [-0.3, -0.25) is 10.1 Å². The van der Waals surface area contributed by atoms with E-state index < -0.39 is 12.0 Å². The van der Waals surface area contributed by atoms with Crippen LogP contribution in [0.1, 0.15) is 6.92 Å². The van der Waals surface area contributed by atoms with E-state index in [0.717, 1.165) is 0 Å². The van der Waals surface area contributed by atoms with Crippen LogP contribution in [0.25, 0.3) is 22.6 Å². The summed E-state index contributed by atoms with van der Waals surface area (Å²) in [6.07, 6.45) is -0.870. The van der Waals surface area contributed by atoms with Crippen LogP contribution in [0.5, 0.6) is 5.75 Å². The van der Waals surface area contributed by atoms with Crippen LogP contribution in [0, 0.1) is 0 Å². The maximum absolute atomic E-state index is 12.5. The van der Waals surface area contributed by atoms with Crippen molar-refractivity contribution in [1.29, 1.82) is 0 Å². The number of nitrogens with zero attached hydrogens (tertiary/aromatic N) is 1. The molecule has 0 bridgehead atoms. The molecule has 2 N–H and O–H groups in total. The van der Waals surface area contributed by atoms with Gasteiger partial charge in [-0.15, -0.1) is 0 Å². The number of hydrogen-bond acceptors (Lipinski definition) is 5. The van der Waals surface area contributed by atoms with Crippen molar-refractivity contribution in [3.63, 3.8) is 0 Å². The van der Waals surface area contributed by atoms with E-state index in [0.29, 0.717) is 54.1 Å². The average molecular weight is 555 g/mol. The molecule has 174 valence electrons. The normalized spacial score (nSPS) is 11.8. The monoisotopic (exact) mass is 553 g/mol. The molecule has 0 spiro atoms. The Labute approximate surface area is 220 Å². The molecular weight excluding hydrogens is 540 g/mol. The minimum Gasteiger partial charge on any atom is -0.479 e. The Morgan fingerprint density at radius 3 is 2.50 bits per heavy atom. The number of nitrogens with one attached hydrogen (secondary N) is 2. The van der Waals surface area contributed by atoms with Crippen molar-refractivity contribution in [3.05, 3.63) is 74.7 Å². The molecule has 1 unspecified atom stereocenters. The molecule has 34 heavy (non-hydrogen) atoms. The first-order valence-electron chi connectivity index (χ1n) is 9.79. The Kier molecular flexibility index (Phi) is 7.50. The summed E-state index contributed by atoms with van der Waals surface area (Å²) in [5.74, 6) is 0.186. The number of rotatable bonds is 5. The van der Waals surface area contributed by atoms with Gasteiger partial charge in [0.1, 0.15) is 11.3 Å². The van der Waals surface area contributed by atoms with E-state index in [1.54, 1.807) is 55.5 Å². The zero-order valence-corrected chi connectivity index (χ0v) is 21.2. The molecule has 0 fully saturated rings. The van der Waals surface area contributed by atoms with Crippen LogP contribution in [0.3, 0.4) is 0 Å². The van der Waals surface area contributed by atoms with Crippen molar-refractivity contribution in [3.8, 4) is 17.2 Å². The molecule has 3 aromatic carbocycles. The highest BCUT2D eigenvalue weighted by atomic mass is 35.5. The van der Waals surface area contributed by atoms with E-state index in [2.05, 4.69) is 15.6 Å². The second-order valence-electron chi connectivity index (χ2n) is 7.10. The number of ether oxygens (including phenoxy) is 1. The third-order valence-corrected chi connectivity index (χ3v) is 5.91. The molecule has 0 saturated heterocycles. The van der Waals surface area contributed by atoms with Crippen molar-refractivity contribution >= 4 is 86.4 Å². The molecule has 1 aromatic heterocycles. The van der Waals surface area contributed by atoms with Gasteiger partial charge in [0.05, 0.1) is 15.6 Å². The molecule has 1 heterocycles. The number of fused-ring (bicyclic) bond motifs is 1. The number of amides is 1. The standard InChI is InChI=1S/C23H15Cl4N3O3S/c1-11(32-19-6-2-12(24)8-17(19)27)21(31)30-23(34)28-14-4-5-16(26)15(10-14)22-29-18-9-13(25)3-7-20(18)33-22/h2-11H,1H3,(H2,28,30,31,34). The summed E-state index contributed by atoms with van der Waals surface area (Å²) < 4.78 is 11.4. The van der Waals surface area contributed by atoms with E-state index in [1.807, 2.05) is 0 Å². The van der Waals surface area contributed by atoms with E-state index in [4.69, 9.17) is 67.8 Å². The number of thiocarbonyl (C=S) groups is 1. The molecule has 6 nitrogen and oxygen atoms in total. The van der Waals surface area contributed by atoms with Crippen LogP contribution >= 0.6 is 58.6 Å². The second-order valence-corrected chi connectivity index (χ2v) is 9.20. The highest BCUT2D eigenvalue weighted by Crippen LogP contribution is 2.33. The molecule has 0 aliphatic heterocycles. The van der Waals surface area contributed by atoms with Gasteiger partial charge in [-0.25, -0.2) is 4.98 Å². The minimum atomic E-state index is -0.870. The summed E-state index contributed by atoms with van der Waals surface area (Å²) in [6, 6.07) is 14.9. The summed E-state index contributed by atoms with van der Waals surface area (Å²) in [4.78, 5) is 17.0. The second kappa shape index (κ2) is 10.4. The fraction of sp³-hybridized carbons (Fsp3) is 0.0870. The first-order chi connectivity index (χ1) is 16.2. The fourth-order valence-electron chi connectivity index (χ4n) is 2.97. The molecule has 0 radical (unpaired) electrons. The van der Waals surface area contributed by atoms with Crippen molar-refractivity contribution in [2.24, 2.45) is 0 Å². The lowest BCUT2D eigenvalue weighted by molar-refractivity contribution is -0.125. The SMILES string of the molecule is CC(Oc1ccc(Cl)cc1Cl)C(=O)NC(=S)Nc1ccc(Cl)c(-c2nc3cc(Cl)ccc3o2)c1. The number of anilines is 1. The van der Waals surface area contributed by atoms with Crippen molar-refractivity contribution < 1.29 is 13.9 Å². The summed E-state index contributed by atoms with van der Waals surface area (Å²) in [7, 11) is 0. The smallest absolute Gasteiger partial charge is 0.266 e. The average Bonchev–Trinajstić information content (AvgIpc) is 3.19. The third-order valence-electron chi connectivity index (χ3n) is 4.61. The number of carbonyl (C=O) groups is 1. The van der Waals surface area contributed by atoms with E-state index in [9.17, 15) is 4.79 Å². The Hall–Kier alpha value is -2.55. The highest BCUT2D eigenvalue weighted by molar-refractivity contribution is 7.80. The van der Waals surface area contributed by atoms with Crippen LogP contribution < -0.4 is 15.4 Å². The van der Waals surface area contributed by atoms with Gasteiger partial charge in [0, 0.05) is 15.7 Å². The zero-order valence-electron chi connectivity index (χ0n) is 17.4. The molecule has 1 atom stereocenters. The van der Waals surface area contributed by atoms with Crippen molar-refractivity contribution in [1.82, 2.24) is 10.3 Å². The highest BCUT2D eigenvalue weighted by Gasteiger charge is 2.18. The summed E-state index contributed by atoms with van der Waals surface area (Å²) >= 11 is 29.6. The van der Waals surface area contributed by atoms with Crippen molar-refractivity contribution in [2.45, 2.75) is 13.0 Å². The lowest BCUT2D eigenvalue weighted by Gasteiger charge is -2.17. The van der Waals surface area contributed by atoms with Crippen LogP contribution in [-0.2, 0) is 4.79 Å². The summed E-state index contributed by atoms with van der Waals surface area (Å²) in [6.45, 7) is 1.57. The molecular formula is C23H15Cl4N3O3S. The van der Waals surface area contributed by atoms with Gasteiger partial charge >= 0.3 is 0 Å². The summed E-state index contributed by atoms with van der Waals surface area (Å²) in [5.41, 5.74) is 2.29. The molecule has 4 aromatic rings. The zero-order chi connectivity index (χ0) is 24.4. The van der Waals surface area contributed by atoms with Crippen LogP contribution in [0.15, 0.2) is 59.0 Å². The quantitative estimate of drug-likeness (QED) is 0.250. The Balaban J connectivity index is 1.44. The van der Waals surface area contributed by atoms with Gasteiger partial charge < -0.3 is 14.5 Å². The number of benzene rings is 3. The largest absolute Gasteiger partial charge is 0.479 e. The van der Waals surface area contributed by atoms with E-state index >= 15 is 0 Å². The number of carbonyl (C=O) groups excluding carboxylic acids is 1. The lowest BCUT2D eigenvalue weighted by atomic mass is 10.2. The van der Waals surface area contributed by atoms with Crippen LogP contribution in [0.2, 0.25) is 20.1 Å². The first-order valence-corrected chi connectivity index (χ1v) is 11.7. The number of hydrogen-bond donors (Lipinski definition) is 2. The van der Waals surface area contributed by atoms with Crippen LogP contribution in [0.4, 0.5) is 5.69 Å². The number of aromatic nitrogens is 1. The number of oxazole rings is 1.